The predicted molar refractivity (Wildman–Crippen MR) is 81.7 cm³/mol. The second kappa shape index (κ2) is 6.55. The standard InChI is InChI=1S/C14H24BrN3O/c1-6-10-9-11(18(5)17-10)13(19)16-12(7-8-15)14(2,3)4/h9,12H,6-8H2,1-5H3,(H,16,19). The minimum absolute atomic E-state index is 0.0373. The number of halogens is 1. The third-order valence-electron chi connectivity index (χ3n) is 3.27. The molecule has 1 atom stereocenters. The van der Waals surface area contributed by atoms with Crippen LogP contribution in [0.25, 0.3) is 0 Å². The Bertz CT molecular complexity index is 434. The van der Waals surface area contributed by atoms with Crippen LogP contribution in [-0.2, 0) is 13.5 Å². The third-order valence-corrected chi connectivity index (χ3v) is 3.73. The number of hydrogen-bond acceptors (Lipinski definition) is 2. The summed E-state index contributed by atoms with van der Waals surface area (Å²) in [6.45, 7) is 8.46. The molecule has 0 aliphatic heterocycles. The number of carbonyl (C=O) groups is 1. The number of nitrogens with one attached hydrogen (secondary N) is 1. The molecular formula is C14H24BrN3O. The lowest BCUT2D eigenvalue weighted by Gasteiger charge is -2.31. The summed E-state index contributed by atoms with van der Waals surface area (Å²) >= 11 is 3.45. The van der Waals surface area contributed by atoms with E-state index >= 15 is 0 Å². The highest BCUT2D eigenvalue weighted by Gasteiger charge is 2.26. The quantitative estimate of drug-likeness (QED) is 0.844. The highest BCUT2D eigenvalue weighted by Crippen LogP contribution is 2.23. The molecule has 0 aliphatic rings. The van der Waals surface area contributed by atoms with Gasteiger partial charge in [0, 0.05) is 18.4 Å². The van der Waals surface area contributed by atoms with Gasteiger partial charge in [-0.3, -0.25) is 9.48 Å². The van der Waals surface area contributed by atoms with Crippen molar-refractivity contribution >= 4 is 21.8 Å². The van der Waals surface area contributed by atoms with Crippen LogP contribution in [0.3, 0.4) is 0 Å². The van der Waals surface area contributed by atoms with E-state index in [9.17, 15) is 4.79 Å². The van der Waals surface area contributed by atoms with Crippen molar-refractivity contribution in [2.24, 2.45) is 12.5 Å². The Labute approximate surface area is 124 Å². The molecule has 108 valence electrons. The van der Waals surface area contributed by atoms with E-state index in [2.05, 4.69) is 47.1 Å². The molecule has 1 unspecified atom stereocenters. The van der Waals surface area contributed by atoms with E-state index in [-0.39, 0.29) is 17.4 Å². The number of rotatable bonds is 5. The van der Waals surface area contributed by atoms with Gasteiger partial charge in [0.2, 0.25) is 0 Å². The van der Waals surface area contributed by atoms with Gasteiger partial charge in [0.05, 0.1) is 5.69 Å². The van der Waals surface area contributed by atoms with Gasteiger partial charge >= 0.3 is 0 Å². The molecule has 5 heteroatoms. The van der Waals surface area contributed by atoms with Gasteiger partial charge in [0.1, 0.15) is 5.69 Å². The van der Waals surface area contributed by atoms with Crippen LogP contribution < -0.4 is 5.32 Å². The van der Waals surface area contributed by atoms with Gasteiger partial charge in [0.25, 0.3) is 5.91 Å². The van der Waals surface area contributed by atoms with E-state index in [1.54, 1.807) is 4.68 Å². The molecule has 0 spiro atoms. The normalized spacial score (nSPS) is 13.4. The zero-order valence-electron chi connectivity index (χ0n) is 12.5. The number of aromatic nitrogens is 2. The maximum atomic E-state index is 12.3. The Balaban J connectivity index is 2.84. The molecule has 0 saturated heterocycles. The van der Waals surface area contributed by atoms with E-state index in [1.807, 2.05) is 20.0 Å². The van der Waals surface area contributed by atoms with Crippen molar-refractivity contribution in [3.63, 3.8) is 0 Å². The van der Waals surface area contributed by atoms with E-state index in [0.717, 1.165) is 23.9 Å². The number of carbonyl (C=O) groups excluding carboxylic acids is 1. The molecule has 1 aromatic rings. The van der Waals surface area contributed by atoms with Gasteiger partial charge in [-0.05, 0) is 24.3 Å². The molecular weight excluding hydrogens is 306 g/mol. The van der Waals surface area contributed by atoms with Crippen molar-refractivity contribution in [1.82, 2.24) is 15.1 Å². The van der Waals surface area contributed by atoms with Gasteiger partial charge in [-0.1, -0.05) is 43.6 Å². The van der Waals surface area contributed by atoms with Crippen molar-refractivity contribution in [3.8, 4) is 0 Å². The molecule has 1 rings (SSSR count). The van der Waals surface area contributed by atoms with E-state index in [1.165, 1.54) is 0 Å². The molecule has 1 aromatic heterocycles. The predicted octanol–water partition coefficient (Wildman–Crippen LogP) is 2.91. The summed E-state index contributed by atoms with van der Waals surface area (Å²) in [4.78, 5) is 12.3. The summed E-state index contributed by atoms with van der Waals surface area (Å²) < 4.78 is 1.65. The van der Waals surface area contributed by atoms with Crippen LogP contribution in [0.4, 0.5) is 0 Å². The molecule has 0 fully saturated rings. The van der Waals surface area contributed by atoms with Gasteiger partial charge in [-0.25, -0.2) is 0 Å². The molecule has 1 N–H and O–H groups in total. The van der Waals surface area contributed by atoms with Crippen LogP contribution in [0.2, 0.25) is 0 Å². The largest absolute Gasteiger partial charge is 0.347 e. The van der Waals surface area contributed by atoms with Crippen LogP contribution in [-0.4, -0.2) is 27.1 Å². The van der Waals surface area contributed by atoms with Crippen LogP contribution in [0.1, 0.15) is 50.3 Å². The second-order valence-electron chi connectivity index (χ2n) is 5.87. The average molecular weight is 330 g/mol. The van der Waals surface area contributed by atoms with Gasteiger partial charge in [0.15, 0.2) is 0 Å². The van der Waals surface area contributed by atoms with Crippen LogP contribution >= 0.6 is 15.9 Å². The number of hydrogen-bond donors (Lipinski definition) is 1. The summed E-state index contributed by atoms with van der Waals surface area (Å²) in [6.07, 6.45) is 1.75. The Hall–Kier alpha value is -0.840. The highest BCUT2D eigenvalue weighted by molar-refractivity contribution is 9.09. The first kappa shape index (κ1) is 16.2. The lowest BCUT2D eigenvalue weighted by Crippen LogP contribution is -2.44. The Morgan fingerprint density at radius 3 is 2.58 bits per heavy atom. The number of amides is 1. The smallest absolute Gasteiger partial charge is 0.269 e. The summed E-state index contributed by atoms with van der Waals surface area (Å²) in [5.74, 6) is -0.0458. The maximum absolute atomic E-state index is 12.3. The second-order valence-corrected chi connectivity index (χ2v) is 6.66. The highest BCUT2D eigenvalue weighted by atomic mass is 79.9. The van der Waals surface area contributed by atoms with E-state index < -0.39 is 0 Å². The monoisotopic (exact) mass is 329 g/mol. The molecule has 0 bridgehead atoms. The third kappa shape index (κ3) is 4.34. The zero-order chi connectivity index (χ0) is 14.6. The molecule has 1 amide bonds. The van der Waals surface area contributed by atoms with Crippen molar-refractivity contribution in [3.05, 3.63) is 17.5 Å². The number of nitrogens with zero attached hydrogens (tertiary/aromatic N) is 2. The van der Waals surface area contributed by atoms with Crippen LogP contribution in [0.15, 0.2) is 6.07 Å². The Morgan fingerprint density at radius 2 is 2.16 bits per heavy atom. The van der Waals surface area contributed by atoms with E-state index in [4.69, 9.17) is 0 Å². The van der Waals surface area contributed by atoms with Gasteiger partial charge < -0.3 is 5.32 Å². The first-order chi connectivity index (χ1) is 8.79. The minimum Gasteiger partial charge on any atom is -0.347 e. The fraction of sp³-hybridized carbons (Fsp3) is 0.714. The molecule has 0 aromatic carbocycles. The first-order valence-electron chi connectivity index (χ1n) is 6.69. The summed E-state index contributed by atoms with van der Waals surface area (Å²) in [5, 5.41) is 8.31. The molecule has 0 radical (unpaired) electrons. The average Bonchev–Trinajstić information content (AvgIpc) is 2.68. The van der Waals surface area contributed by atoms with Crippen molar-refractivity contribution < 1.29 is 4.79 Å². The van der Waals surface area contributed by atoms with Crippen molar-refractivity contribution in [2.75, 3.05) is 5.33 Å². The molecule has 4 nitrogen and oxygen atoms in total. The van der Waals surface area contributed by atoms with E-state index in [0.29, 0.717) is 5.69 Å². The first-order valence-corrected chi connectivity index (χ1v) is 7.81. The summed E-state index contributed by atoms with van der Waals surface area (Å²) in [6, 6.07) is 2.00. The number of alkyl halides is 1. The fourth-order valence-electron chi connectivity index (χ4n) is 1.97. The lowest BCUT2D eigenvalue weighted by molar-refractivity contribution is 0.0891. The number of aryl methyl sites for hydroxylation is 2. The molecule has 1 heterocycles. The summed E-state index contributed by atoms with van der Waals surface area (Å²) in [5.41, 5.74) is 1.61. The Kier molecular flexibility index (Phi) is 5.59. The zero-order valence-corrected chi connectivity index (χ0v) is 14.0. The lowest BCUT2D eigenvalue weighted by atomic mass is 9.85. The van der Waals surface area contributed by atoms with Crippen molar-refractivity contribution in [2.45, 2.75) is 46.6 Å². The molecule has 19 heavy (non-hydrogen) atoms. The van der Waals surface area contributed by atoms with Gasteiger partial charge in [-0.15, -0.1) is 0 Å². The topological polar surface area (TPSA) is 46.9 Å². The molecule has 0 saturated carbocycles. The Morgan fingerprint density at radius 1 is 1.53 bits per heavy atom. The van der Waals surface area contributed by atoms with Crippen LogP contribution in [0, 0.1) is 5.41 Å². The SMILES string of the molecule is CCc1cc(C(=O)NC(CCBr)C(C)(C)C)n(C)n1. The fourth-order valence-corrected chi connectivity index (χ4v) is 2.43. The summed E-state index contributed by atoms with van der Waals surface area (Å²) in [7, 11) is 1.81. The maximum Gasteiger partial charge on any atom is 0.269 e. The molecule has 0 aliphatic carbocycles. The minimum atomic E-state index is -0.0458. The van der Waals surface area contributed by atoms with Gasteiger partial charge in [-0.2, -0.15) is 5.10 Å². The van der Waals surface area contributed by atoms with Crippen LogP contribution in [0.5, 0.6) is 0 Å². The van der Waals surface area contributed by atoms with Crippen molar-refractivity contribution in [1.29, 1.82) is 0 Å².